The minimum atomic E-state index is -2.19. The molecule has 6 nitrogen and oxygen atoms in total. The van der Waals surface area contributed by atoms with Crippen LogP contribution < -0.4 is 21.1 Å². The molecule has 0 atom stereocenters. The number of hydrazine groups is 1. The second kappa shape index (κ2) is 9.86. The fourth-order valence-electron chi connectivity index (χ4n) is 0.250. The van der Waals surface area contributed by atoms with Crippen molar-refractivity contribution in [1.82, 2.24) is 10.9 Å². The molecule has 0 spiro atoms. The first-order valence-electron chi connectivity index (χ1n) is 3.44. The molecule has 0 amide bonds. The molecule has 0 saturated heterocycles. The summed E-state index contributed by atoms with van der Waals surface area (Å²) >= 11 is 0. The van der Waals surface area contributed by atoms with Crippen LogP contribution in [0.2, 0.25) is 0 Å². The van der Waals surface area contributed by atoms with Crippen LogP contribution in [0.4, 0.5) is 0 Å². The van der Waals surface area contributed by atoms with Gasteiger partial charge in [-0.3, -0.25) is 10.9 Å². The molecule has 0 bridgehead atoms. The molecule has 0 aromatic carbocycles. The van der Waals surface area contributed by atoms with Gasteiger partial charge in [-0.25, -0.2) is 0 Å². The van der Waals surface area contributed by atoms with Gasteiger partial charge in [-0.15, -0.1) is 0 Å². The van der Waals surface area contributed by atoms with Crippen LogP contribution in [0.25, 0.3) is 0 Å². The third-order valence-electron chi connectivity index (χ3n) is 0.645. The number of hydrogen-bond donors (Lipinski definition) is 2. The lowest BCUT2D eigenvalue weighted by atomic mass is 10.7. The normalized spacial score (nSPS) is 8.17. The van der Waals surface area contributed by atoms with Crippen molar-refractivity contribution in [3.8, 4) is 0 Å². The Morgan fingerprint density at radius 1 is 1.00 bits per heavy atom. The van der Waals surface area contributed by atoms with Gasteiger partial charge in [-0.2, -0.15) is 0 Å². The minimum Gasteiger partial charge on any atom is -0.543 e. The Balaban J connectivity index is 0. The van der Waals surface area contributed by atoms with Gasteiger partial charge in [0.2, 0.25) is 0 Å². The number of nitrogens with one attached hydrogen (secondary N) is 2. The summed E-state index contributed by atoms with van der Waals surface area (Å²) in [5.41, 5.74) is 5.90. The van der Waals surface area contributed by atoms with E-state index >= 15 is 0 Å². The van der Waals surface area contributed by atoms with Crippen LogP contribution in [0.5, 0.6) is 0 Å². The Labute approximate surface area is 70.6 Å². The quantitative estimate of drug-likeness (QED) is 0.264. The Kier molecular flexibility index (Phi) is 11.1. The van der Waals surface area contributed by atoms with E-state index in [1.807, 2.05) is 0 Å². The summed E-state index contributed by atoms with van der Waals surface area (Å²) in [4.78, 5) is 17.9. The minimum absolute atomic E-state index is 0.994. The standard InChI is InChI=1S/C4H12N2.C2H2O4/c1-3-5-6-4-2;3-1(4)2(5)6/h5-6H,3-4H2,1-2H3;(H,3,4)(H,5,6)/p-2. The van der Waals surface area contributed by atoms with Crippen molar-refractivity contribution < 1.29 is 19.8 Å². The number of rotatable bonds is 3. The van der Waals surface area contributed by atoms with E-state index in [2.05, 4.69) is 24.7 Å². The van der Waals surface area contributed by atoms with Crippen LogP contribution in [0.15, 0.2) is 0 Å². The molecule has 72 valence electrons. The first kappa shape index (κ1) is 13.4. The van der Waals surface area contributed by atoms with Crippen LogP contribution in [-0.2, 0) is 9.59 Å². The van der Waals surface area contributed by atoms with E-state index in [9.17, 15) is 0 Å². The second-order valence-corrected chi connectivity index (χ2v) is 1.64. The number of hydrogen-bond acceptors (Lipinski definition) is 6. The highest BCUT2D eigenvalue weighted by molar-refractivity contribution is 6.25. The van der Waals surface area contributed by atoms with Gasteiger partial charge in [0.1, 0.15) is 0 Å². The molecule has 2 N–H and O–H groups in total. The molecule has 0 rings (SSSR count). The first-order valence-corrected chi connectivity index (χ1v) is 3.44. The topological polar surface area (TPSA) is 104 Å². The Bertz CT molecular complexity index is 122. The van der Waals surface area contributed by atoms with E-state index in [0.717, 1.165) is 13.1 Å². The van der Waals surface area contributed by atoms with Crippen molar-refractivity contribution in [3.05, 3.63) is 0 Å². The Morgan fingerprint density at radius 3 is 1.33 bits per heavy atom. The highest BCUT2D eigenvalue weighted by Gasteiger charge is 1.75. The molecule has 0 heterocycles. The molecule has 0 aromatic rings. The average molecular weight is 176 g/mol. The average Bonchev–Trinajstić information content (AvgIpc) is 2.02. The van der Waals surface area contributed by atoms with Crippen molar-refractivity contribution >= 4 is 11.9 Å². The number of carboxylic acids is 2. The SMILES string of the molecule is CCNNCC.O=C([O-])C(=O)[O-]. The summed E-state index contributed by atoms with van der Waals surface area (Å²) < 4.78 is 0. The number of carbonyl (C=O) groups is 2. The van der Waals surface area contributed by atoms with Crippen molar-refractivity contribution in [2.45, 2.75) is 13.8 Å². The van der Waals surface area contributed by atoms with E-state index in [4.69, 9.17) is 19.8 Å². The molecule has 0 saturated carbocycles. The van der Waals surface area contributed by atoms with Gasteiger partial charge in [0.15, 0.2) is 0 Å². The summed E-state index contributed by atoms with van der Waals surface area (Å²) in [6.07, 6.45) is 0. The van der Waals surface area contributed by atoms with Crippen molar-refractivity contribution in [1.29, 1.82) is 0 Å². The fourth-order valence-corrected chi connectivity index (χ4v) is 0.250. The lowest BCUT2D eigenvalue weighted by Gasteiger charge is -1.97. The molecule has 0 radical (unpaired) electrons. The Morgan fingerprint density at radius 2 is 1.25 bits per heavy atom. The predicted molar refractivity (Wildman–Crippen MR) is 37.4 cm³/mol. The van der Waals surface area contributed by atoms with Gasteiger partial charge in [0, 0.05) is 13.1 Å². The van der Waals surface area contributed by atoms with Gasteiger partial charge < -0.3 is 19.8 Å². The van der Waals surface area contributed by atoms with Crippen molar-refractivity contribution in [2.75, 3.05) is 13.1 Å². The van der Waals surface area contributed by atoms with Gasteiger partial charge in [-0.05, 0) is 0 Å². The van der Waals surface area contributed by atoms with E-state index in [-0.39, 0.29) is 0 Å². The van der Waals surface area contributed by atoms with E-state index in [0.29, 0.717) is 0 Å². The van der Waals surface area contributed by atoms with Crippen LogP contribution in [0, 0.1) is 0 Å². The maximum atomic E-state index is 8.93. The number of carbonyl (C=O) groups excluding carboxylic acids is 2. The maximum absolute atomic E-state index is 8.93. The second-order valence-electron chi connectivity index (χ2n) is 1.64. The molecular formula is C6H12N2O4-2. The molecule has 0 fully saturated rings. The molecule has 12 heavy (non-hydrogen) atoms. The predicted octanol–water partition coefficient (Wildman–Crippen LogP) is -3.39. The molecule has 0 aliphatic heterocycles. The molecule has 0 aromatic heterocycles. The highest BCUT2D eigenvalue weighted by Crippen LogP contribution is 1.44. The van der Waals surface area contributed by atoms with Crippen molar-refractivity contribution in [2.24, 2.45) is 0 Å². The monoisotopic (exact) mass is 176 g/mol. The smallest absolute Gasteiger partial charge is 0.0870 e. The zero-order valence-electron chi connectivity index (χ0n) is 7.05. The fraction of sp³-hybridized carbons (Fsp3) is 0.667. The largest absolute Gasteiger partial charge is 0.543 e. The van der Waals surface area contributed by atoms with Gasteiger partial charge in [0.25, 0.3) is 0 Å². The first-order chi connectivity index (χ1) is 5.56. The Hall–Kier alpha value is -1.14. The van der Waals surface area contributed by atoms with E-state index in [1.165, 1.54) is 0 Å². The summed E-state index contributed by atoms with van der Waals surface area (Å²) in [6.45, 7) is 6.10. The summed E-state index contributed by atoms with van der Waals surface area (Å²) in [5, 5.41) is 17.9. The van der Waals surface area contributed by atoms with Crippen LogP contribution in [0.1, 0.15) is 13.8 Å². The van der Waals surface area contributed by atoms with Crippen LogP contribution >= 0.6 is 0 Å². The zero-order chi connectivity index (χ0) is 9.98. The van der Waals surface area contributed by atoms with Crippen LogP contribution in [0.3, 0.4) is 0 Å². The molecule has 0 unspecified atom stereocenters. The lowest BCUT2D eigenvalue weighted by Crippen LogP contribution is -2.42. The van der Waals surface area contributed by atoms with Gasteiger partial charge in [-0.1, -0.05) is 13.8 Å². The molecule has 0 aliphatic rings. The van der Waals surface area contributed by atoms with Crippen molar-refractivity contribution in [3.63, 3.8) is 0 Å². The number of aliphatic carboxylic acids is 2. The summed E-state index contributed by atoms with van der Waals surface area (Å²) in [7, 11) is 0. The van der Waals surface area contributed by atoms with Gasteiger partial charge >= 0.3 is 0 Å². The molecular weight excluding hydrogens is 164 g/mol. The summed E-state index contributed by atoms with van der Waals surface area (Å²) in [5.74, 6) is -4.37. The summed E-state index contributed by atoms with van der Waals surface area (Å²) in [6, 6.07) is 0. The van der Waals surface area contributed by atoms with E-state index < -0.39 is 11.9 Å². The van der Waals surface area contributed by atoms with Gasteiger partial charge in [0.05, 0.1) is 11.9 Å². The number of carboxylic acid groups (broad SMARTS) is 2. The van der Waals surface area contributed by atoms with E-state index in [1.54, 1.807) is 0 Å². The van der Waals surface area contributed by atoms with Crippen LogP contribution in [-0.4, -0.2) is 25.0 Å². The molecule has 0 aliphatic carbocycles. The zero-order valence-corrected chi connectivity index (χ0v) is 7.05. The third-order valence-corrected chi connectivity index (χ3v) is 0.645. The maximum Gasteiger partial charge on any atom is 0.0870 e. The lowest BCUT2D eigenvalue weighted by molar-refractivity contribution is -0.345. The molecule has 6 heteroatoms. The highest BCUT2D eigenvalue weighted by atomic mass is 16.4. The third kappa shape index (κ3) is 15.9.